The topological polar surface area (TPSA) is 41.1 Å². The molecule has 1 amide bonds. The summed E-state index contributed by atoms with van der Waals surface area (Å²) in [6, 6.07) is 9.37. The minimum Gasteiger partial charge on any atom is -0.355 e. The minimum atomic E-state index is -0.189. The second-order valence-corrected chi connectivity index (χ2v) is 6.16. The van der Waals surface area contributed by atoms with Gasteiger partial charge in [0.25, 0.3) is 0 Å². The highest BCUT2D eigenvalue weighted by Gasteiger charge is 2.17. The Balaban J connectivity index is 1.66. The van der Waals surface area contributed by atoms with Gasteiger partial charge in [0.05, 0.1) is 0 Å². The van der Waals surface area contributed by atoms with Crippen LogP contribution in [0.15, 0.2) is 35.7 Å². The van der Waals surface area contributed by atoms with Crippen molar-refractivity contribution < 1.29 is 9.18 Å². The number of carbonyl (C=O) groups excluding carboxylic acids is 1. The van der Waals surface area contributed by atoms with Gasteiger partial charge in [-0.2, -0.15) is 0 Å². The van der Waals surface area contributed by atoms with Crippen molar-refractivity contribution in [1.82, 2.24) is 10.6 Å². The van der Waals surface area contributed by atoms with Crippen molar-refractivity contribution in [3.05, 3.63) is 47.1 Å². The van der Waals surface area contributed by atoms with Crippen molar-refractivity contribution >= 4 is 17.2 Å². The van der Waals surface area contributed by atoms with Crippen molar-refractivity contribution in [2.45, 2.75) is 25.4 Å². The molecule has 1 atom stereocenters. The summed E-state index contributed by atoms with van der Waals surface area (Å²) in [7, 11) is 0. The van der Waals surface area contributed by atoms with Gasteiger partial charge in [-0.05, 0) is 35.6 Å². The molecule has 2 heterocycles. The predicted molar refractivity (Wildman–Crippen MR) is 82.6 cm³/mol. The highest BCUT2D eigenvalue weighted by molar-refractivity contribution is 7.13. The summed E-state index contributed by atoms with van der Waals surface area (Å²) < 4.78 is 13.9. The minimum absolute atomic E-state index is 0.120. The second kappa shape index (κ2) is 6.37. The van der Waals surface area contributed by atoms with Crippen LogP contribution in [0.5, 0.6) is 0 Å². The Morgan fingerprint density at radius 2 is 2.29 bits per heavy atom. The van der Waals surface area contributed by atoms with Crippen LogP contribution in [0.3, 0.4) is 0 Å². The highest BCUT2D eigenvalue weighted by atomic mass is 32.1. The van der Waals surface area contributed by atoms with Gasteiger partial charge >= 0.3 is 0 Å². The summed E-state index contributed by atoms with van der Waals surface area (Å²) in [5.74, 6) is -0.0686. The van der Waals surface area contributed by atoms with Crippen LogP contribution in [0.4, 0.5) is 4.39 Å². The Morgan fingerprint density at radius 3 is 3.00 bits per heavy atom. The Hall–Kier alpha value is -1.72. The van der Waals surface area contributed by atoms with E-state index >= 15 is 0 Å². The molecule has 1 aliphatic rings. The van der Waals surface area contributed by atoms with Gasteiger partial charge in [0.15, 0.2) is 0 Å². The number of nitrogens with one attached hydrogen (secondary N) is 2. The quantitative estimate of drug-likeness (QED) is 0.912. The molecule has 1 unspecified atom stereocenters. The molecule has 1 fully saturated rings. The number of piperidine rings is 1. The largest absolute Gasteiger partial charge is 0.355 e. The first-order chi connectivity index (χ1) is 10.2. The molecule has 0 spiro atoms. The molecular formula is C16H17FN2OS. The van der Waals surface area contributed by atoms with Gasteiger partial charge in [-0.25, -0.2) is 4.39 Å². The van der Waals surface area contributed by atoms with Crippen molar-refractivity contribution in [1.29, 1.82) is 0 Å². The average Bonchev–Trinajstić information content (AvgIpc) is 3.02. The summed E-state index contributed by atoms with van der Waals surface area (Å²) in [5, 5.41) is 8.22. The SMILES string of the molecule is O=C1CCC(NCc2ccc(F)c(-c3cccs3)c2)CN1. The van der Waals surface area contributed by atoms with E-state index in [0.717, 1.165) is 16.9 Å². The van der Waals surface area contributed by atoms with Crippen LogP contribution >= 0.6 is 11.3 Å². The zero-order valence-corrected chi connectivity index (χ0v) is 12.4. The standard InChI is InChI=1S/C16H17FN2OS/c17-14-5-3-11(8-13(14)15-2-1-7-21-15)9-18-12-4-6-16(20)19-10-12/h1-3,5,7-8,12,18H,4,6,9-10H2,(H,19,20). The van der Waals surface area contributed by atoms with Crippen molar-refractivity contribution in [2.75, 3.05) is 6.54 Å². The van der Waals surface area contributed by atoms with E-state index in [9.17, 15) is 9.18 Å². The lowest BCUT2D eigenvalue weighted by Gasteiger charge is -2.23. The van der Waals surface area contributed by atoms with Crippen LogP contribution in [0, 0.1) is 5.82 Å². The van der Waals surface area contributed by atoms with Crippen LogP contribution in [-0.2, 0) is 11.3 Å². The zero-order chi connectivity index (χ0) is 14.7. The first-order valence-corrected chi connectivity index (χ1v) is 7.93. The van der Waals surface area contributed by atoms with Crippen LogP contribution in [0.2, 0.25) is 0 Å². The fourth-order valence-electron chi connectivity index (χ4n) is 2.47. The second-order valence-electron chi connectivity index (χ2n) is 5.21. The van der Waals surface area contributed by atoms with Gasteiger partial charge < -0.3 is 10.6 Å². The van der Waals surface area contributed by atoms with Gasteiger partial charge in [-0.15, -0.1) is 11.3 Å². The van der Waals surface area contributed by atoms with Gasteiger partial charge in [0.2, 0.25) is 5.91 Å². The number of hydrogen-bond donors (Lipinski definition) is 2. The number of carbonyl (C=O) groups is 1. The first-order valence-electron chi connectivity index (χ1n) is 7.05. The molecule has 3 nitrogen and oxygen atoms in total. The van der Waals surface area contributed by atoms with Crippen molar-refractivity contribution in [3.63, 3.8) is 0 Å². The molecule has 21 heavy (non-hydrogen) atoms. The van der Waals surface area contributed by atoms with E-state index in [0.29, 0.717) is 25.1 Å². The van der Waals surface area contributed by atoms with Crippen LogP contribution in [-0.4, -0.2) is 18.5 Å². The van der Waals surface area contributed by atoms with E-state index < -0.39 is 0 Å². The number of benzene rings is 1. The molecule has 1 aromatic carbocycles. The van der Waals surface area contributed by atoms with Crippen molar-refractivity contribution in [3.8, 4) is 10.4 Å². The fourth-order valence-corrected chi connectivity index (χ4v) is 3.22. The molecule has 1 aliphatic heterocycles. The molecule has 110 valence electrons. The average molecular weight is 304 g/mol. The van der Waals surface area contributed by atoms with Crippen LogP contribution in [0.25, 0.3) is 10.4 Å². The zero-order valence-electron chi connectivity index (χ0n) is 11.6. The molecule has 0 saturated carbocycles. The lowest BCUT2D eigenvalue weighted by molar-refractivity contribution is -0.122. The molecule has 5 heteroatoms. The molecular weight excluding hydrogens is 287 g/mol. The van der Waals surface area contributed by atoms with Gasteiger partial charge in [-0.1, -0.05) is 12.1 Å². The summed E-state index contributed by atoms with van der Waals surface area (Å²) in [6.45, 7) is 1.34. The van der Waals surface area contributed by atoms with E-state index in [2.05, 4.69) is 10.6 Å². The maximum atomic E-state index is 13.9. The number of rotatable bonds is 4. The van der Waals surface area contributed by atoms with Gasteiger partial charge in [0, 0.05) is 36.0 Å². The highest BCUT2D eigenvalue weighted by Crippen LogP contribution is 2.28. The van der Waals surface area contributed by atoms with Crippen LogP contribution in [0.1, 0.15) is 18.4 Å². The molecule has 1 saturated heterocycles. The van der Waals surface area contributed by atoms with E-state index in [1.807, 2.05) is 23.6 Å². The van der Waals surface area contributed by atoms with Gasteiger partial charge in [0.1, 0.15) is 5.82 Å². The molecule has 1 aromatic heterocycles. The van der Waals surface area contributed by atoms with Crippen LogP contribution < -0.4 is 10.6 Å². The third kappa shape index (κ3) is 3.49. The smallest absolute Gasteiger partial charge is 0.220 e. The molecule has 0 radical (unpaired) electrons. The molecule has 2 aromatic rings. The molecule has 2 N–H and O–H groups in total. The number of amides is 1. The van der Waals surface area contributed by atoms with E-state index in [1.54, 1.807) is 6.07 Å². The maximum Gasteiger partial charge on any atom is 0.220 e. The third-order valence-electron chi connectivity index (χ3n) is 3.68. The third-order valence-corrected chi connectivity index (χ3v) is 4.58. The molecule has 0 aliphatic carbocycles. The lowest BCUT2D eigenvalue weighted by atomic mass is 10.1. The lowest BCUT2D eigenvalue weighted by Crippen LogP contribution is -2.45. The summed E-state index contributed by atoms with van der Waals surface area (Å²) in [5.41, 5.74) is 1.71. The van der Waals surface area contributed by atoms with E-state index in [1.165, 1.54) is 17.4 Å². The Morgan fingerprint density at radius 1 is 1.38 bits per heavy atom. The van der Waals surface area contributed by atoms with Gasteiger partial charge in [-0.3, -0.25) is 4.79 Å². The van der Waals surface area contributed by atoms with E-state index in [-0.39, 0.29) is 17.8 Å². The Kier molecular flexibility index (Phi) is 4.31. The number of halogens is 1. The molecule has 0 bridgehead atoms. The summed E-state index contributed by atoms with van der Waals surface area (Å²) in [4.78, 5) is 12.1. The normalized spacial score (nSPS) is 18.5. The predicted octanol–water partition coefficient (Wildman–Crippen LogP) is 2.92. The summed E-state index contributed by atoms with van der Waals surface area (Å²) in [6.07, 6.45) is 1.42. The fraction of sp³-hybridized carbons (Fsp3) is 0.312. The monoisotopic (exact) mass is 304 g/mol. The number of thiophene rings is 1. The van der Waals surface area contributed by atoms with Crippen molar-refractivity contribution in [2.24, 2.45) is 0 Å². The maximum absolute atomic E-state index is 13.9. The molecule has 3 rings (SSSR count). The number of hydrogen-bond acceptors (Lipinski definition) is 3. The Labute approximate surface area is 127 Å². The summed E-state index contributed by atoms with van der Waals surface area (Å²) >= 11 is 1.54. The first kappa shape index (κ1) is 14.2. The Bertz CT molecular complexity index is 617. The van der Waals surface area contributed by atoms with E-state index in [4.69, 9.17) is 0 Å².